The summed E-state index contributed by atoms with van der Waals surface area (Å²) in [7, 11) is 0. The molecule has 1 heterocycles. The van der Waals surface area contributed by atoms with E-state index in [1.165, 1.54) is 4.90 Å². The number of benzene rings is 1. The Hall–Kier alpha value is -1.75. The Balaban J connectivity index is 2.27. The van der Waals surface area contributed by atoms with Crippen molar-refractivity contribution in [3.63, 3.8) is 0 Å². The van der Waals surface area contributed by atoms with E-state index in [-0.39, 0.29) is 6.07 Å². The summed E-state index contributed by atoms with van der Waals surface area (Å²) < 4.78 is 10.3. The van der Waals surface area contributed by atoms with Crippen LogP contribution >= 0.6 is 11.6 Å². The number of alkyl halides is 1. The Morgan fingerprint density at radius 1 is 1.27 bits per heavy atom. The van der Waals surface area contributed by atoms with Crippen LogP contribution in [-0.4, -0.2) is 34.7 Å². The average Bonchev–Trinajstić information content (AvgIpc) is 2.44. The molecule has 120 valence electrons. The van der Waals surface area contributed by atoms with E-state index in [4.69, 9.17) is 21.1 Å². The van der Waals surface area contributed by atoms with Crippen molar-refractivity contribution in [2.75, 3.05) is 6.07 Å². The normalized spacial score (nSPS) is 17.6. The van der Waals surface area contributed by atoms with E-state index in [0.29, 0.717) is 13.0 Å². The first-order valence-corrected chi connectivity index (χ1v) is 7.64. The largest absolute Gasteiger partial charge is 0.448 e. The fourth-order valence-electron chi connectivity index (χ4n) is 2.40. The molecule has 0 unspecified atom stereocenters. The minimum absolute atomic E-state index is 0.237. The smallest absolute Gasteiger partial charge is 0.411 e. The molecule has 6 heteroatoms. The quantitative estimate of drug-likeness (QED) is 0.619. The van der Waals surface area contributed by atoms with Crippen LogP contribution in [0.1, 0.15) is 31.9 Å². The molecule has 1 amide bonds. The summed E-state index contributed by atoms with van der Waals surface area (Å²) in [6.45, 7) is 5.67. The molecule has 0 saturated heterocycles. The lowest BCUT2D eigenvalue weighted by atomic mass is 9.94. The minimum atomic E-state index is -0.719. The van der Waals surface area contributed by atoms with Gasteiger partial charge in [0.15, 0.2) is 6.07 Å². The van der Waals surface area contributed by atoms with E-state index in [1.54, 1.807) is 20.8 Å². The van der Waals surface area contributed by atoms with Crippen molar-refractivity contribution in [3.8, 4) is 0 Å². The summed E-state index contributed by atoms with van der Waals surface area (Å²) in [5.41, 5.74) is 1.40. The van der Waals surface area contributed by atoms with Crippen LogP contribution in [0.25, 0.3) is 0 Å². The van der Waals surface area contributed by atoms with Crippen molar-refractivity contribution in [1.82, 2.24) is 4.90 Å². The van der Waals surface area contributed by atoms with Crippen LogP contribution in [0, 0.1) is 0 Å². The van der Waals surface area contributed by atoms with Gasteiger partial charge in [0.05, 0.1) is 6.54 Å². The predicted octanol–water partition coefficient (Wildman–Crippen LogP) is 3.09. The Kier molecular flexibility index (Phi) is 4.96. The van der Waals surface area contributed by atoms with Crippen molar-refractivity contribution < 1.29 is 19.1 Å². The van der Waals surface area contributed by atoms with Crippen LogP contribution in [0.15, 0.2) is 24.3 Å². The van der Waals surface area contributed by atoms with Crippen LogP contribution in [0.4, 0.5) is 4.79 Å². The average molecular weight is 326 g/mol. The predicted molar refractivity (Wildman–Crippen MR) is 82.5 cm³/mol. The van der Waals surface area contributed by atoms with Gasteiger partial charge in [-0.1, -0.05) is 35.9 Å². The topological polar surface area (TPSA) is 55.8 Å². The number of amides is 1. The van der Waals surface area contributed by atoms with Gasteiger partial charge in [-0.2, -0.15) is 0 Å². The van der Waals surface area contributed by atoms with Crippen LogP contribution in [-0.2, 0) is 27.2 Å². The Labute approximate surface area is 135 Å². The third-order valence-electron chi connectivity index (χ3n) is 3.35. The molecule has 0 spiro atoms. The van der Waals surface area contributed by atoms with Crippen molar-refractivity contribution in [2.45, 2.75) is 45.4 Å². The zero-order valence-electron chi connectivity index (χ0n) is 13.0. The molecule has 1 aliphatic rings. The number of halogens is 1. The molecule has 0 N–H and O–H groups in total. The van der Waals surface area contributed by atoms with E-state index < -0.39 is 23.7 Å². The van der Waals surface area contributed by atoms with Gasteiger partial charge in [-0.15, -0.1) is 0 Å². The molecule has 2 rings (SSSR count). The first-order chi connectivity index (χ1) is 10.3. The number of fused-ring (bicyclic) bond motifs is 1. The van der Waals surface area contributed by atoms with E-state index in [0.717, 1.165) is 11.1 Å². The van der Waals surface area contributed by atoms with E-state index in [9.17, 15) is 9.59 Å². The molecule has 1 aliphatic heterocycles. The van der Waals surface area contributed by atoms with Gasteiger partial charge in [0.2, 0.25) is 0 Å². The minimum Gasteiger partial charge on any atom is -0.448 e. The number of hydrogen-bond acceptors (Lipinski definition) is 4. The number of rotatable bonds is 2. The van der Waals surface area contributed by atoms with Gasteiger partial charge in [-0.25, -0.2) is 9.59 Å². The molecular weight excluding hydrogens is 306 g/mol. The highest BCUT2D eigenvalue weighted by Crippen LogP contribution is 2.26. The Morgan fingerprint density at radius 2 is 1.91 bits per heavy atom. The SMILES string of the molecule is CC(C)(C)OC(=O)N1Cc2ccccc2C[C@@H]1C(=O)OCCl. The van der Waals surface area contributed by atoms with Gasteiger partial charge in [0, 0.05) is 6.42 Å². The van der Waals surface area contributed by atoms with E-state index >= 15 is 0 Å². The molecule has 0 saturated carbocycles. The van der Waals surface area contributed by atoms with Gasteiger partial charge in [0.25, 0.3) is 0 Å². The lowest BCUT2D eigenvalue weighted by Crippen LogP contribution is -2.50. The summed E-state index contributed by atoms with van der Waals surface area (Å²) in [5, 5.41) is 0. The number of nitrogens with zero attached hydrogens (tertiary/aromatic N) is 1. The fraction of sp³-hybridized carbons (Fsp3) is 0.500. The number of hydrogen-bond donors (Lipinski definition) is 0. The number of ether oxygens (including phenoxy) is 2. The molecule has 0 aliphatic carbocycles. The van der Waals surface area contributed by atoms with Crippen LogP contribution in [0.3, 0.4) is 0 Å². The summed E-state index contributed by atoms with van der Waals surface area (Å²) in [6, 6.07) is 6.75. The van der Waals surface area contributed by atoms with Crippen molar-refractivity contribution in [2.24, 2.45) is 0 Å². The van der Waals surface area contributed by atoms with Crippen LogP contribution in [0.5, 0.6) is 0 Å². The summed E-state index contributed by atoms with van der Waals surface area (Å²) in [5.74, 6) is -0.518. The molecule has 1 atom stereocenters. The maximum atomic E-state index is 12.4. The molecule has 0 radical (unpaired) electrons. The first-order valence-electron chi connectivity index (χ1n) is 7.11. The van der Waals surface area contributed by atoms with Gasteiger partial charge in [0.1, 0.15) is 11.6 Å². The van der Waals surface area contributed by atoms with Gasteiger partial charge >= 0.3 is 12.1 Å². The highest BCUT2D eigenvalue weighted by Gasteiger charge is 2.37. The lowest BCUT2D eigenvalue weighted by Gasteiger charge is -2.36. The molecular formula is C16H20ClNO4. The standard InChI is InChI=1S/C16H20ClNO4/c1-16(2,3)22-15(20)18-9-12-7-5-4-6-11(12)8-13(18)14(19)21-10-17/h4-7,13H,8-10H2,1-3H3/t13-/m1/s1. The first kappa shape index (κ1) is 16.6. The van der Waals surface area contributed by atoms with E-state index in [2.05, 4.69) is 0 Å². The highest BCUT2D eigenvalue weighted by molar-refractivity contribution is 6.17. The Bertz CT molecular complexity index is 568. The highest BCUT2D eigenvalue weighted by atomic mass is 35.5. The summed E-state index contributed by atoms with van der Waals surface area (Å²) >= 11 is 5.47. The van der Waals surface area contributed by atoms with Crippen molar-refractivity contribution >= 4 is 23.7 Å². The second kappa shape index (κ2) is 6.57. The zero-order chi connectivity index (χ0) is 16.3. The molecule has 22 heavy (non-hydrogen) atoms. The van der Waals surface area contributed by atoms with Crippen molar-refractivity contribution in [1.29, 1.82) is 0 Å². The summed E-state index contributed by atoms with van der Waals surface area (Å²) in [6.07, 6.45) is -0.135. The molecule has 1 aromatic carbocycles. The fourth-order valence-corrected chi connectivity index (χ4v) is 2.50. The molecule has 0 bridgehead atoms. The van der Waals surface area contributed by atoms with Crippen LogP contribution in [0.2, 0.25) is 0 Å². The molecule has 5 nitrogen and oxygen atoms in total. The zero-order valence-corrected chi connectivity index (χ0v) is 13.7. The number of carbonyl (C=O) groups is 2. The monoisotopic (exact) mass is 325 g/mol. The maximum absolute atomic E-state index is 12.4. The third kappa shape index (κ3) is 3.91. The van der Waals surface area contributed by atoms with Gasteiger partial charge < -0.3 is 9.47 Å². The summed E-state index contributed by atoms with van der Waals surface area (Å²) in [4.78, 5) is 25.9. The van der Waals surface area contributed by atoms with E-state index in [1.807, 2.05) is 24.3 Å². The lowest BCUT2D eigenvalue weighted by molar-refractivity contribution is -0.148. The second-order valence-corrected chi connectivity index (χ2v) is 6.39. The molecule has 0 aromatic heterocycles. The van der Waals surface area contributed by atoms with Gasteiger partial charge in [-0.05, 0) is 31.9 Å². The molecule has 0 fully saturated rings. The second-order valence-electron chi connectivity index (χ2n) is 6.17. The number of carbonyl (C=O) groups excluding carboxylic acids is 2. The van der Waals surface area contributed by atoms with Crippen LogP contribution < -0.4 is 0 Å². The van der Waals surface area contributed by atoms with Crippen molar-refractivity contribution in [3.05, 3.63) is 35.4 Å². The number of esters is 1. The molecule has 1 aromatic rings. The Morgan fingerprint density at radius 3 is 2.50 bits per heavy atom. The van der Waals surface area contributed by atoms with Gasteiger partial charge in [-0.3, -0.25) is 4.90 Å². The third-order valence-corrected chi connectivity index (χ3v) is 3.45. The maximum Gasteiger partial charge on any atom is 0.411 e.